The highest BCUT2D eigenvalue weighted by atomic mass is 35.5. The zero-order chi connectivity index (χ0) is 16.2. The average molecular weight is 330 g/mol. The van der Waals surface area contributed by atoms with Gasteiger partial charge in [0.1, 0.15) is 0 Å². The van der Waals surface area contributed by atoms with Crippen LogP contribution in [0.5, 0.6) is 0 Å². The molecule has 4 nitrogen and oxygen atoms in total. The quantitative estimate of drug-likeness (QED) is 0.870. The molecule has 0 radical (unpaired) electrons. The topological polar surface area (TPSA) is 35.6 Å². The van der Waals surface area contributed by atoms with Crippen molar-refractivity contribution in [2.24, 2.45) is 0 Å². The molecule has 5 heteroatoms. The molecule has 2 aromatic rings. The zero-order valence-electron chi connectivity index (χ0n) is 13.1. The minimum absolute atomic E-state index is 0.451. The van der Waals surface area contributed by atoms with Crippen LogP contribution in [0, 0.1) is 0 Å². The van der Waals surface area contributed by atoms with Crippen LogP contribution in [0.3, 0.4) is 0 Å². The van der Waals surface area contributed by atoms with Gasteiger partial charge in [0.05, 0.1) is 11.3 Å². The van der Waals surface area contributed by atoms with E-state index in [4.69, 9.17) is 11.6 Å². The molecule has 2 aromatic carbocycles. The molecule has 1 saturated heterocycles. The van der Waals surface area contributed by atoms with Crippen molar-refractivity contribution in [3.63, 3.8) is 0 Å². The van der Waals surface area contributed by atoms with Crippen LogP contribution in [-0.4, -0.2) is 43.4 Å². The first kappa shape index (κ1) is 15.8. The van der Waals surface area contributed by atoms with Gasteiger partial charge >= 0.3 is 0 Å². The second kappa shape index (κ2) is 7.02. The van der Waals surface area contributed by atoms with Gasteiger partial charge in [-0.2, -0.15) is 0 Å². The number of nitrogens with zero attached hydrogens (tertiary/aromatic N) is 2. The highest BCUT2D eigenvalue weighted by molar-refractivity contribution is 6.68. The van der Waals surface area contributed by atoms with Gasteiger partial charge in [-0.25, -0.2) is 0 Å². The Hall–Kier alpha value is -2.04. The number of likely N-dealkylation sites (N-methyl/N-ethyl adjacent to an activating group) is 1. The van der Waals surface area contributed by atoms with Crippen LogP contribution >= 0.6 is 11.6 Å². The number of carbonyl (C=O) groups is 1. The van der Waals surface area contributed by atoms with E-state index in [0.717, 1.165) is 43.2 Å². The molecule has 0 bridgehead atoms. The van der Waals surface area contributed by atoms with Gasteiger partial charge in [0.25, 0.3) is 5.24 Å². The third kappa shape index (κ3) is 3.84. The van der Waals surface area contributed by atoms with Gasteiger partial charge in [0.15, 0.2) is 0 Å². The molecule has 1 N–H and O–H groups in total. The van der Waals surface area contributed by atoms with Crippen LogP contribution in [0.4, 0.5) is 17.1 Å². The van der Waals surface area contributed by atoms with E-state index in [2.05, 4.69) is 22.2 Å². The fourth-order valence-electron chi connectivity index (χ4n) is 2.75. The lowest BCUT2D eigenvalue weighted by Gasteiger charge is -2.34. The maximum Gasteiger partial charge on any atom is 0.254 e. The van der Waals surface area contributed by atoms with Gasteiger partial charge in [0.2, 0.25) is 0 Å². The molecule has 0 atom stereocenters. The Labute approximate surface area is 141 Å². The molecule has 23 heavy (non-hydrogen) atoms. The molecule has 1 aliphatic rings. The number of hydrogen-bond acceptors (Lipinski definition) is 4. The van der Waals surface area contributed by atoms with Gasteiger partial charge in [-0.15, -0.1) is 0 Å². The summed E-state index contributed by atoms with van der Waals surface area (Å²) < 4.78 is 0. The summed E-state index contributed by atoms with van der Waals surface area (Å²) >= 11 is 5.73. The molecule has 120 valence electrons. The summed E-state index contributed by atoms with van der Waals surface area (Å²) in [6.07, 6.45) is 0. The van der Waals surface area contributed by atoms with Crippen LogP contribution in [0.15, 0.2) is 48.5 Å². The maximum absolute atomic E-state index is 11.7. The van der Waals surface area contributed by atoms with Crippen LogP contribution in [0.2, 0.25) is 0 Å². The summed E-state index contributed by atoms with van der Waals surface area (Å²) in [6.45, 7) is 4.04. The van der Waals surface area contributed by atoms with E-state index >= 15 is 0 Å². The SMILES string of the molecule is CN1CCN(c2ccc(C(=O)Cl)c(Nc3ccccc3)c2)CC1. The molecule has 1 aliphatic heterocycles. The van der Waals surface area contributed by atoms with Crippen molar-refractivity contribution in [3.05, 3.63) is 54.1 Å². The molecule has 0 amide bonds. The first-order chi connectivity index (χ1) is 11.1. The van der Waals surface area contributed by atoms with Gasteiger partial charge in [-0.05, 0) is 49.0 Å². The van der Waals surface area contributed by atoms with Crippen molar-refractivity contribution < 1.29 is 4.79 Å². The lowest BCUT2D eigenvalue weighted by Crippen LogP contribution is -2.44. The van der Waals surface area contributed by atoms with E-state index in [9.17, 15) is 4.79 Å². The van der Waals surface area contributed by atoms with E-state index < -0.39 is 5.24 Å². The largest absolute Gasteiger partial charge is 0.369 e. The smallest absolute Gasteiger partial charge is 0.254 e. The van der Waals surface area contributed by atoms with Crippen LogP contribution < -0.4 is 10.2 Å². The Bertz CT molecular complexity index is 682. The molecule has 0 aliphatic carbocycles. The number of halogens is 1. The Kier molecular flexibility index (Phi) is 4.84. The first-order valence-electron chi connectivity index (χ1n) is 7.73. The van der Waals surface area contributed by atoms with Gasteiger partial charge in [0, 0.05) is 37.6 Å². The number of carbonyl (C=O) groups excluding carboxylic acids is 1. The summed E-state index contributed by atoms with van der Waals surface area (Å²) in [5.41, 5.74) is 3.28. The zero-order valence-corrected chi connectivity index (χ0v) is 13.9. The van der Waals surface area contributed by atoms with Gasteiger partial charge in [-0.3, -0.25) is 4.79 Å². The number of piperazine rings is 1. The molecule has 0 unspecified atom stereocenters. The summed E-state index contributed by atoms with van der Waals surface area (Å²) in [6, 6.07) is 15.6. The van der Waals surface area contributed by atoms with Crippen molar-refractivity contribution >= 4 is 33.9 Å². The Balaban J connectivity index is 1.89. The monoisotopic (exact) mass is 329 g/mol. The number of nitrogens with one attached hydrogen (secondary N) is 1. The normalized spacial score (nSPS) is 15.5. The number of benzene rings is 2. The number of rotatable bonds is 4. The van der Waals surface area contributed by atoms with Crippen LogP contribution in [0.25, 0.3) is 0 Å². The summed E-state index contributed by atoms with van der Waals surface area (Å²) in [7, 11) is 2.13. The molecule has 0 saturated carbocycles. The van der Waals surface area contributed by atoms with Crippen LogP contribution in [0.1, 0.15) is 10.4 Å². The fourth-order valence-corrected chi connectivity index (χ4v) is 2.91. The molecule has 0 spiro atoms. The highest BCUT2D eigenvalue weighted by Crippen LogP contribution is 2.28. The lowest BCUT2D eigenvalue weighted by atomic mass is 10.1. The maximum atomic E-state index is 11.7. The molecule has 3 rings (SSSR count). The molecule has 1 fully saturated rings. The number of para-hydroxylation sites is 1. The predicted molar refractivity (Wildman–Crippen MR) is 96.1 cm³/mol. The van der Waals surface area contributed by atoms with Gasteiger partial charge < -0.3 is 15.1 Å². The number of anilines is 3. The van der Waals surface area contributed by atoms with E-state index in [-0.39, 0.29) is 0 Å². The lowest BCUT2D eigenvalue weighted by molar-refractivity contribution is 0.108. The third-order valence-corrected chi connectivity index (χ3v) is 4.34. The van der Waals surface area contributed by atoms with Crippen molar-refractivity contribution in [1.29, 1.82) is 0 Å². The average Bonchev–Trinajstić information content (AvgIpc) is 2.56. The second-order valence-corrected chi connectivity index (χ2v) is 6.13. The molecule has 0 aromatic heterocycles. The second-order valence-electron chi connectivity index (χ2n) is 5.78. The van der Waals surface area contributed by atoms with Crippen molar-refractivity contribution in [1.82, 2.24) is 4.90 Å². The van der Waals surface area contributed by atoms with E-state index in [1.807, 2.05) is 42.5 Å². The minimum atomic E-state index is -0.451. The van der Waals surface area contributed by atoms with E-state index in [1.54, 1.807) is 6.07 Å². The summed E-state index contributed by atoms with van der Waals surface area (Å²) in [5, 5.41) is 2.85. The third-order valence-electron chi connectivity index (χ3n) is 4.14. The van der Waals surface area contributed by atoms with Gasteiger partial charge in [-0.1, -0.05) is 18.2 Å². The van der Waals surface area contributed by atoms with E-state index in [1.165, 1.54) is 0 Å². The van der Waals surface area contributed by atoms with Crippen molar-refractivity contribution in [2.75, 3.05) is 43.4 Å². The van der Waals surface area contributed by atoms with Crippen molar-refractivity contribution in [2.45, 2.75) is 0 Å². The Morgan fingerprint density at radius 2 is 1.74 bits per heavy atom. The number of hydrogen-bond donors (Lipinski definition) is 1. The fraction of sp³-hybridized carbons (Fsp3) is 0.278. The molecular weight excluding hydrogens is 310 g/mol. The first-order valence-corrected chi connectivity index (χ1v) is 8.11. The predicted octanol–water partition coefficient (Wildman–Crippen LogP) is 3.56. The standard InChI is InChI=1S/C18H20ClN3O/c1-21-9-11-22(12-10-21)15-7-8-16(18(19)23)17(13-15)20-14-5-3-2-4-6-14/h2-8,13,20H,9-12H2,1H3. The molecule has 1 heterocycles. The van der Waals surface area contributed by atoms with E-state index in [0.29, 0.717) is 5.56 Å². The minimum Gasteiger partial charge on any atom is -0.369 e. The summed E-state index contributed by atoms with van der Waals surface area (Å²) in [4.78, 5) is 16.3. The Morgan fingerprint density at radius 3 is 2.39 bits per heavy atom. The van der Waals surface area contributed by atoms with Crippen molar-refractivity contribution in [3.8, 4) is 0 Å². The highest BCUT2D eigenvalue weighted by Gasteiger charge is 2.17. The molecular formula is C18H20ClN3O. The van der Waals surface area contributed by atoms with Crippen LogP contribution in [-0.2, 0) is 0 Å². The Morgan fingerprint density at radius 1 is 1.04 bits per heavy atom. The summed E-state index contributed by atoms with van der Waals surface area (Å²) in [5.74, 6) is 0.